The number of Topliss-reactive ketones (excluding diaryl/α,β-unsaturated/α-hetero) is 1. The monoisotopic (exact) mass is 280 g/mol. The summed E-state index contributed by atoms with van der Waals surface area (Å²) in [5.74, 6) is -1.12. The molecule has 0 saturated carbocycles. The van der Waals surface area contributed by atoms with Crippen molar-refractivity contribution in [1.82, 2.24) is 10.7 Å². The second kappa shape index (κ2) is 7.32. The summed E-state index contributed by atoms with van der Waals surface area (Å²) in [6.45, 7) is 1.63. The third kappa shape index (κ3) is 4.92. The lowest BCUT2D eigenvalue weighted by Gasteiger charge is -2.10. The first kappa shape index (κ1) is 14.9. The fourth-order valence-corrected chi connectivity index (χ4v) is 1.31. The van der Waals surface area contributed by atoms with Gasteiger partial charge in [0.05, 0.1) is 5.69 Å². The van der Waals surface area contributed by atoms with E-state index in [1.54, 1.807) is 38.2 Å². The molecule has 0 aliphatic heterocycles. The molecule has 0 heterocycles. The van der Waals surface area contributed by atoms with Crippen LogP contribution in [0.2, 0.25) is 0 Å². The van der Waals surface area contributed by atoms with Gasteiger partial charge in [0.15, 0.2) is 5.11 Å². The van der Waals surface area contributed by atoms with Crippen LogP contribution >= 0.6 is 12.2 Å². The highest BCUT2D eigenvalue weighted by atomic mass is 32.1. The number of carbonyl (C=O) groups is 2. The summed E-state index contributed by atoms with van der Waals surface area (Å²) < 4.78 is 0. The number of nitrogens with one attached hydrogen (secondary N) is 4. The van der Waals surface area contributed by atoms with E-state index >= 15 is 0 Å². The average Bonchev–Trinajstić information content (AvgIpc) is 2.45. The fraction of sp³-hybridized carbons (Fsp3) is 0.250. The molecule has 0 aliphatic rings. The molecule has 1 rings (SSSR count). The minimum Gasteiger partial charge on any atom is -0.366 e. The zero-order chi connectivity index (χ0) is 14.3. The Morgan fingerprint density at radius 3 is 2.26 bits per heavy atom. The lowest BCUT2D eigenvalue weighted by atomic mass is 10.3. The zero-order valence-electron chi connectivity index (χ0n) is 10.7. The molecule has 1 aromatic rings. The van der Waals surface area contributed by atoms with Crippen molar-refractivity contribution in [2.75, 3.05) is 17.8 Å². The predicted molar refractivity (Wildman–Crippen MR) is 78.8 cm³/mol. The summed E-state index contributed by atoms with van der Waals surface area (Å²) in [5, 5.41) is 6.28. The number of carbonyl (C=O) groups excluding carboxylic acids is 2. The molecular formula is C12H16N4O2S. The Labute approximate surface area is 116 Å². The average molecular weight is 280 g/mol. The summed E-state index contributed by atoms with van der Waals surface area (Å²) in [6, 6.07) is 7.08. The van der Waals surface area contributed by atoms with Crippen LogP contribution in [0.25, 0.3) is 0 Å². The second-order valence-electron chi connectivity index (χ2n) is 3.64. The molecule has 6 nitrogen and oxygen atoms in total. The van der Waals surface area contributed by atoms with Gasteiger partial charge < -0.3 is 10.6 Å². The molecule has 0 spiro atoms. The lowest BCUT2D eigenvalue weighted by Crippen LogP contribution is -2.34. The topological polar surface area (TPSA) is 82.3 Å². The van der Waals surface area contributed by atoms with Crippen molar-refractivity contribution in [1.29, 1.82) is 0 Å². The standard InChI is InChI=1S/C12H16N4O2S/c1-3-10(17)11(18)16-15-9-6-4-8(5-7-9)14-12(19)13-2/h4-7,15H,3H2,1-2H3,(H,16,18)(H2,13,14,19). The van der Waals surface area contributed by atoms with E-state index in [2.05, 4.69) is 21.5 Å². The Bertz CT molecular complexity index is 473. The number of amides is 1. The Morgan fingerprint density at radius 1 is 1.16 bits per heavy atom. The largest absolute Gasteiger partial charge is 0.366 e. The molecule has 0 aromatic heterocycles. The molecule has 19 heavy (non-hydrogen) atoms. The third-order valence-electron chi connectivity index (χ3n) is 2.26. The van der Waals surface area contributed by atoms with Crippen LogP contribution < -0.4 is 21.5 Å². The van der Waals surface area contributed by atoms with E-state index in [1.807, 2.05) is 0 Å². The van der Waals surface area contributed by atoms with Crippen LogP contribution in [0.5, 0.6) is 0 Å². The smallest absolute Gasteiger partial charge is 0.305 e. The van der Waals surface area contributed by atoms with E-state index in [9.17, 15) is 9.59 Å². The molecule has 1 aromatic carbocycles. The van der Waals surface area contributed by atoms with E-state index < -0.39 is 11.7 Å². The molecule has 1 amide bonds. The Kier molecular flexibility index (Phi) is 5.74. The Morgan fingerprint density at radius 2 is 1.74 bits per heavy atom. The van der Waals surface area contributed by atoms with Crippen molar-refractivity contribution in [3.8, 4) is 0 Å². The number of thiocarbonyl (C=S) groups is 1. The van der Waals surface area contributed by atoms with Gasteiger partial charge in [-0.3, -0.25) is 20.4 Å². The van der Waals surface area contributed by atoms with Gasteiger partial charge in [0.1, 0.15) is 0 Å². The molecule has 0 radical (unpaired) electrons. The number of benzene rings is 1. The number of rotatable bonds is 5. The van der Waals surface area contributed by atoms with Crippen molar-refractivity contribution >= 4 is 40.4 Å². The highest BCUT2D eigenvalue weighted by Gasteiger charge is 2.09. The van der Waals surface area contributed by atoms with Crippen LogP contribution in [-0.2, 0) is 9.59 Å². The predicted octanol–water partition coefficient (Wildman–Crippen LogP) is 1.02. The Hall–Kier alpha value is -2.15. The van der Waals surface area contributed by atoms with Gasteiger partial charge in [0.25, 0.3) is 0 Å². The maximum atomic E-state index is 11.2. The van der Waals surface area contributed by atoms with E-state index in [0.29, 0.717) is 10.8 Å². The van der Waals surface area contributed by atoms with E-state index in [-0.39, 0.29) is 6.42 Å². The molecule has 4 N–H and O–H groups in total. The molecule has 0 bridgehead atoms. The first-order valence-electron chi connectivity index (χ1n) is 5.74. The molecule has 0 saturated heterocycles. The molecule has 0 atom stereocenters. The quantitative estimate of drug-likeness (QED) is 0.366. The fourth-order valence-electron chi connectivity index (χ4n) is 1.19. The first-order valence-corrected chi connectivity index (χ1v) is 6.15. The van der Waals surface area contributed by atoms with Gasteiger partial charge in [-0.05, 0) is 36.5 Å². The number of anilines is 2. The summed E-state index contributed by atoms with van der Waals surface area (Å²) in [5.41, 5.74) is 6.47. The Balaban J connectivity index is 2.51. The summed E-state index contributed by atoms with van der Waals surface area (Å²) in [7, 11) is 1.73. The number of hydrogen-bond acceptors (Lipinski definition) is 4. The maximum Gasteiger partial charge on any atom is 0.305 e. The van der Waals surface area contributed by atoms with Gasteiger partial charge in [-0.25, -0.2) is 0 Å². The van der Waals surface area contributed by atoms with Gasteiger partial charge in [0, 0.05) is 19.2 Å². The van der Waals surface area contributed by atoms with E-state index in [4.69, 9.17) is 12.2 Å². The van der Waals surface area contributed by atoms with Crippen LogP contribution in [0.4, 0.5) is 11.4 Å². The number of ketones is 1. The van der Waals surface area contributed by atoms with Crippen LogP contribution in [0.1, 0.15) is 13.3 Å². The summed E-state index contributed by atoms with van der Waals surface area (Å²) in [4.78, 5) is 22.3. The zero-order valence-corrected chi connectivity index (χ0v) is 11.6. The minimum atomic E-state index is -0.652. The minimum absolute atomic E-state index is 0.178. The molecule has 7 heteroatoms. The van der Waals surface area contributed by atoms with Gasteiger partial charge in [0.2, 0.25) is 5.78 Å². The van der Waals surface area contributed by atoms with Crippen molar-refractivity contribution in [3.63, 3.8) is 0 Å². The number of hydrogen-bond donors (Lipinski definition) is 4. The molecule has 102 valence electrons. The summed E-state index contributed by atoms with van der Waals surface area (Å²) >= 11 is 4.97. The van der Waals surface area contributed by atoms with Crippen LogP contribution in [0.3, 0.4) is 0 Å². The first-order chi connectivity index (χ1) is 9.06. The van der Waals surface area contributed by atoms with Crippen molar-refractivity contribution in [2.45, 2.75) is 13.3 Å². The van der Waals surface area contributed by atoms with Gasteiger partial charge in [-0.2, -0.15) is 0 Å². The summed E-state index contributed by atoms with van der Waals surface area (Å²) in [6.07, 6.45) is 0.178. The normalized spacial score (nSPS) is 9.37. The highest BCUT2D eigenvalue weighted by Crippen LogP contribution is 2.12. The number of hydrazine groups is 1. The molecule has 0 fully saturated rings. The van der Waals surface area contributed by atoms with Crippen molar-refractivity contribution < 1.29 is 9.59 Å². The van der Waals surface area contributed by atoms with Gasteiger partial charge >= 0.3 is 5.91 Å². The van der Waals surface area contributed by atoms with Crippen molar-refractivity contribution in [2.24, 2.45) is 0 Å². The van der Waals surface area contributed by atoms with Crippen LogP contribution in [0, 0.1) is 0 Å². The molecule has 0 aliphatic carbocycles. The maximum absolute atomic E-state index is 11.2. The van der Waals surface area contributed by atoms with E-state index in [0.717, 1.165) is 5.69 Å². The highest BCUT2D eigenvalue weighted by molar-refractivity contribution is 7.80. The SMILES string of the molecule is CCC(=O)C(=O)NNc1ccc(NC(=S)NC)cc1. The molecular weight excluding hydrogens is 264 g/mol. The van der Waals surface area contributed by atoms with Crippen LogP contribution in [0.15, 0.2) is 24.3 Å². The lowest BCUT2D eigenvalue weighted by molar-refractivity contribution is -0.137. The van der Waals surface area contributed by atoms with Gasteiger partial charge in [-0.1, -0.05) is 6.92 Å². The molecule has 0 unspecified atom stereocenters. The van der Waals surface area contributed by atoms with Crippen molar-refractivity contribution in [3.05, 3.63) is 24.3 Å². The second-order valence-corrected chi connectivity index (χ2v) is 4.05. The third-order valence-corrected chi connectivity index (χ3v) is 2.57. The van der Waals surface area contributed by atoms with E-state index in [1.165, 1.54) is 0 Å². The van der Waals surface area contributed by atoms with Gasteiger partial charge in [-0.15, -0.1) is 0 Å². The van der Waals surface area contributed by atoms with Crippen LogP contribution in [-0.4, -0.2) is 23.9 Å².